The zero-order chi connectivity index (χ0) is 17.5. The number of aliphatic hydroxyl groups excluding tert-OH is 1. The van der Waals surface area contributed by atoms with Crippen molar-refractivity contribution in [1.29, 1.82) is 0 Å². The van der Waals surface area contributed by atoms with Crippen LogP contribution in [0.2, 0.25) is 0 Å². The van der Waals surface area contributed by atoms with E-state index in [0.717, 1.165) is 25.7 Å². The second-order valence-corrected chi connectivity index (χ2v) is 7.28. The van der Waals surface area contributed by atoms with Crippen molar-refractivity contribution in [1.82, 2.24) is 15.5 Å². The molecule has 0 unspecified atom stereocenters. The summed E-state index contributed by atoms with van der Waals surface area (Å²) in [5, 5.41) is 14.6. The first-order chi connectivity index (χ1) is 10.7. The standard InChI is InChI=1S/C16H31N3O4/c1-16(2,3)18-15(22)23-13-7-5-12(6-8-13)17-14(21)11-19(4)9-10-20/h12-13,20H,5-11H2,1-4H3,(H,17,21)(H,18,22). The summed E-state index contributed by atoms with van der Waals surface area (Å²) in [5.41, 5.74) is -0.303. The molecule has 0 heterocycles. The molecule has 0 atom stereocenters. The topological polar surface area (TPSA) is 90.9 Å². The van der Waals surface area contributed by atoms with Crippen LogP contribution in [0.3, 0.4) is 0 Å². The molecule has 0 aromatic heterocycles. The monoisotopic (exact) mass is 329 g/mol. The number of carbonyl (C=O) groups is 2. The Kier molecular flexibility index (Phi) is 7.78. The van der Waals surface area contributed by atoms with Crippen LogP contribution < -0.4 is 10.6 Å². The molecule has 0 radical (unpaired) electrons. The van der Waals surface area contributed by atoms with Crippen LogP contribution in [0, 0.1) is 0 Å². The van der Waals surface area contributed by atoms with Gasteiger partial charge in [-0.25, -0.2) is 4.79 Å². The Morgan fingerprint density at radius 1 is 1.22 bits per heavy atom. The third-order valence-electron chi connectivity index (χ3n) is 3.69. The van der Waals surface area contributed by atoms with Crippen LogP contribution in [0.25, 0.3) is 0 Å². The van der Waals surface area contributed by atoms with E-state index in [4.69, 9.17) is 9.84 Å². The summed E-state index contributed by atoms with van der Waals surface area (Å²) in [6.45, 7) is 6.54. The van der Waals surface area contributed by atoms with Gasteiger partial charge in [0, 0.05) is 18.1 Å². The Labute approximate surface area is 138 Å². The highest BCUT2D eigenvalue weighted by Crippen LogP contribution is 2.21. The molecule has 0 aliphatic heterocycles. The lowest BCUT2D eigenvalue weighted by molar-refractivity contribution is -0.123. The summed E-state index contributed by atoms with van der Waals surface area (Å²) in [6.07, 6.45) is 2.67. The molecule has 1 aliphatic rings. The molecule has 0 saturated heterocycles. The lowest BCUT2D eigenvalue weighted by Gasteiger charge is -2.30. The summed E-state index contributed by atoms with van der Waals surface area (Å²) < 4.78 is 5.42. The van der Waals surface area contributed by atoms with Crippen molar-refractivity contribution in [3.05, 3.63) is 0 Å². The van der Waals surface area contributed by atoms with E-state index in [9.17, 15) is 9.59 Å². The number of nitrogens with one attached hydrogen (secondary N) is 2. The molecule has 1 saturated carbocycles. The van der Waals surface area contributed by atoms with Gasteiger partial charge in [0.15, 0.2) is 0 Å². The molecule has 7 heteroatoms. The van der Waals surface area contributed by atoms with E-state index in [-0.39, 0.29) is 42.8 Å². The largest absolute Gasteiger partial charge is 0.446 e. The Morgan fingerprint density at radius 3 is 2.35 bits per heavy atom. The van der Waals surface area contributed by atoms with Crippen molar-refractivity contribution in [2.24, 2.45) is 0 Å². The van der Waals surface area contributed by atoms with E-state index < -0.39 is 0 Å². The highest BCUT2D eigenvalue weighted by Gasteiger charge is 2.26. The Balaban J connectivity index is 2.25. The number of alkyl carbamates (subject to hydrolysis) is 1. The molecule has 0 aromatic rings. The lowest BCUT2D eigenvalue weighted by atomic mass is 9.93. The first kappa shape index (κ1) is 19.7. The number of aliphatic hydroxyl groups is 1. The third-order valence-corrected chi connectivity index (χ3v) is 3.69. The molecule has 0 aromatic carbocycles. The second-order valence-electron chi connectivity index (χ2n) is 7.28. The fourth-order valence-electron chi connectivity index (χ4n) is 2.58. The molecule has 0 bridgehead atoms. The zero-order valence-electron chi connectivity index (χ0n) is 14.7. The van der Waals surface area contributed by atoms with Crippen LogP contribution >= 0.6 is 0 Å². The molecule has 2 amide bonds. The zero-order valence-corrected chi connectivity index (χ0v) is 14.7. The maximum absolute atomic E-state index is 11.9. The average Bonchev–Trinajstić information content (AvgIpc) is 2.38. The minimum Gasteiger partial charge on any atom is -0.446 e. The summed E-state index contributed by atoms with van der Waals surface area (Å²) in [4.78, 5) is 25.4. The van der Waals surface area contributed by atoms with Gasteiger partial charge in [0.1, 0.15) is 6.10 Å². The summed E-state index contributed by atoms with van der Waals surface area (Å²) in [6, 6.07) is 0.135. The fraction of sp³-hybridized carbons (Fsp3) is 0.875. The molecule has 1 fully saturated rings. The molecule has 1 aliphatic carbocycles. The summed E-state index contributed by atoms with van der Waals surface area (Å²) >= 11 is 0. The predicted molar refractivity (Wildman–Crippen MR) is 88.1 cm³/mol. The SMILES string of the molecule is CN(CCO)CC(=O)NC1CCC(OC(=O)NC(C)(C)C)CC1. The summed E-state index contributed by atoms with van der Waals surface area (Å²) in [5.74, 6) is -0.0317. The van der Waals surface area contributed by atoms with Crippen molar-refractivity contribution in [3.8, 4) is 0 Å². The van der Waals surface area contributed by atoms with E-state index in [0.29, 0.717) is 6.54 Å². The number of likely N-dealkylation sites (N-methyl/N-ethyl adjacent to an activating group) is 1. The number of amides is 2. The van der Waals surface area contributed by atoms with Crippen LogP contribution in [-0.4, -0.2) is 66.4 Å². The Hall–Kier alpha value is -1.34. The summed E-state index contributed by atoms with van der Waals surface area (Å²) in [7, 11) is 1.80. The fourth-order valence-corrected chi connectivity index (χ4v) is 2.58. The third kappa shape index (κ3) is 8.76. The predicted octanol–water partition coefficient (Wildman–Crippen LogP) is 0.863. The Bertz CT molecular complexity index is 387. The number of rotatable bonds is 6. The van der Waals surface area contributed by atoms with Crippen LogP contribution in [-0.2, 0) is 9.53 Å². The molecule has 23 heavy (non-hydrogen) atoms. The van der Waals surface area contributed by atoms with Crippen LogP contribution in [0.5, 0.6) is 0 Å². The van der Waals surface area contributed by atoms with Gasteiger partial charge in [-0.2, -0.15) is 0 Å². The molecule has 3 N–H and O–H groups in total. The number of carbonyl (C=O) groups excluding carboxylic acids is 2. The van der Waals surface area contributed by atoms with Crippen molar-refractivity contribution >= 4 is 12.0 Å². The van der Waals surface area contributed by atoms with Gasteiger partial charge < -0.3 is 20.5 Å². The number of hydrogen-bond donors (Lipinski definition) is 3. The van der Waals surface area contributed by atoms with Gasteiger partial charge >= 0.3 is 6.09 Å². The van der Waals surface area contributed by atoms with Gasteiger partial charge in [-0.3, -0.25) is 9.69 Å². The van der Waals surface area contributed by atoms with Gasteiger partial charge in [0.25, 0.3) is 0 Å². The highest BCUT2D eigenvalue weighted by molar-refractivity contribution is 5.78. The second kappa shape index (κ2) is 9.08. The minimum absolute atomic E-state index is 0.0317. The minimum atomic E-state index is -0.379. The van der Waals surface area contributed by atoms with Gasteiger partial charge in [-0.1, -0.05) is 0 Å². The van der Waals surface area contributed by atoms with Gasteiger partial charge in [0.2, 0.25) is 5.91 Å². The number of hydrogen-bond acceptors (Lipinski definition) is 5. The van der Waals surface area contributed by atoms with Crippen molar-refractivity contribution in [2.45, 2.75) is 64.1 Å². The van der Waals surface area contributed by atoms with E-state index in [1.54, 1.807) is 11.9 Å². The van der Waals surface area contributed by atoms with E-state index >= 15 is 0 Å². The van der Waals surface area contributed by atoms with E-state index in [2.05, 4.69) is 10.6 Å². The van der Waals surface area contributed by atoms with E-state index in [1.807, 2.05) is 20.8 Å². The van der Waals surface area contributed by atoms with Crippen molar-refractivity contribution in [3.63, 3.8) is 0 Å². The number of ether oxygens (including phenoxy) is 1. The smallest absolute Gasteiger partial charge is 0.407 e. The highest BCUT2D eigenvalue weighted by atomic mass is 16.6. The van der Waals surface area contributed by atoms with Gasteiger partial charge in [-0.05, 0) is 53.5 Å². The van der Waals surface area contributed by atoms with Gasteiger partial charge in [-0.15, -0.1) is 0 Å². The molecular weight excluding hydrogens is 298 g/mol. The average molecular weight is 329 g/mol. The lowest BCUT2D eigenvalue weighted by Crippen LogP contribution is -2.45. The molecular formula is C16H31N3O4. The Morgan fingerprint density at radius 2 is 1.83 bits per heavy atom. The maximum atomic E-state index is 11.9. The van der Waals surface area contributed by atoms with Crippen LogP contribution in [0.4, 0.5) is 4.79 Å². The molecule has 7 nitrogen and oxygen atoms in total. The molecule has 134 valence electrons. The molecule has 0 spiro atoms. The van der Waals surface area contributed by atoms with Crippen molar-refractivity contribution < 1.29 is 19.4 Å². The normalized spacial score (nSPS) is 21.8. The van der Waals surface area contributed by atoms with E-state index in [1.165, 1.54) is 0 Å². The first-order valence-corrected chi connectivity index (χ1v) is 8.27. The van der Waals surface area contributed by atoms with Crippen LogP contribution in [0.15, 0.2) is 0 Å². The maximum Gasteiger partial charge on any atom is 0.407 e. The van der Waals surface area contributed by atoms with Gasteiger partial charge in [0.05, 0.1) is 13.2 Å². The molecule has 1 rings (SSSR count). The van der Waals surface area contributed by atoms with Crippen LogP contribution in [0.1, 0.15) is 46.5 Å². The quantitative estimate of drug-likeness (QED) is 0.672. The van der Waals surface area contributed by atoms with Crippen molar-refractivity contribution in [2.75, 3.05) is 26.7 Å². The number of nitrogens with zero attached hydrogens (tertiary/aromatic N) is 1. The first-order valence-electron chi connectivity index (χ1n) is 8.27.